The first-order valence-electron chi connectivity index (χ1n) is 8.84. The molecular formula is C17H27ClN4O3. The van der Waals surface area contributed by atoms with Gasteiger partial charge >= 0.3 is 0 Å². The summed E-state index contributed by atoms with van der Waals surface area (Å²) in [7, 11) is 0. The van der Waals surface area contributed by atoms with Gasteiger partial charge in [-0.1, -0.05) is 5.16 Å². The van der Waals surface area contributed by atoms with E-state index in [4.69, 9.17) is 4.52 Å². The first-order chi connectivity index (χ1) is 11.6. The van der Waals surface area contributed by atoms with Gasteiger partial charge in [0.25, 0.3) is 0 Å². The number of hydrogen-bond acceptors (Lipinski definition) is 5. The molecule has 1 aromatic rings. The molecule has 2 aliphatic rings. The molecule has 0 bridgehead atoms. The van der Waals surface area contributed by atoms with Gasteiger partial charge in [0.2, 0.25) is 11.8 Å². The molecule has 2 amide bonds. The molecule has 1 unspecified atom stereocenters. The van der Waals surface area contributed by atoms with Crippen molar-refractivity contribution >= 4 is 30.0 Å². The Morgan fingerprint density at radius 3 is 2.72 bits per heavy atom. The van der Waals surface area contributed by atoms with Crippen molar-refractivity contribution < 1.29 is 14.1 Å². The summed E-state index contributed by atoms with van der Waals surface area (Å²) in [6.07, 6.45) is 4.19. The second-order valence-corrected chi connectivity index (χ2v) is 6.86. The maximum atomic E-state index is 12.3. The second kappa shape index (κ2) is 9.20. The molecule has 0 spiro atoms. The Balaban J connectivity index is 0.00000225. The third-order valence-corrected chi connectivity index (χ3v) is 5.03. The maximum Gasteiger partial charge on any atom is 0.228 e. The van der Waals surface area contributed by atoms with Crippen LogP contribution in [-0.4, -0.2) is 48.0 Å². The SMILES string of the molecule is Cc1cc(NC(=O)C2CCN(C(=O)CCC3CCNC3)CC2)no1.Cl. The first-order valence-corrected chi connectivity index (χ1v) is 8.84. The van der Waals surface area contributed by atoms with E-state index in [-0.39, 0.29) is 30.1 Å². The van der Waals surface area contributed by atoms with E-state index < -0.39 is 0 Å². The molecule has 1 aromatic heterocycles. The second-order valence-electron chi connectivity index (χ2n) is 6.86. The highest BCUT2D eigenvalue weighted by Crippen LogP contribution is 2.21. The Hall–Kier alpha value is -1.60. The molecule has 140 valence electrons. The topological polar surface area (TPSA) is 87.5 Å². The predicted octanol–water partition coefficient (Wildman–Crippen LogP) is 1.97. The molecule has 2 N–H and O–H groups in total. The van der Waals surface area contributed by atoms with E-state index in [9.17, 15) is 9.59 Å². The van der Waals surface area contributed by atoms with Gasteiger partial charge in [-0.3, -0.25) is 9.59 Å². The number of carbonyl (C=O) groups is 2. The van der Waals surface area contributed by atoms with Gasteiger partial charge in [0, 0.05) is 31.5 Å². The fourth-order valence-corrected chi connectivity index (χ4v) is 3.49. The lowest BCUT2D eigenvalue weighted by Gasteiger charge is -2.31. The van der Waals surface area contributed by atoms with Crippen molar-refractivity contribution in [3.63, 3.8) is 0 Å². The van der Waals surface area contributed by atoms with Gasteiger partial charge in [-0.15, -0.1) is 12.4 Å². The monoisotopic (exact) mass is 370 g/mol. The van der Waals surface area contributed by atoms with Crippen molar-refractivity contribution in [1.82, 2.24) is 15.4 Å². The molecule has 2 saturated heterocycles. The average molecular weight is 371 g/mol. The van der Waals surface area contributed by atoms with Crippen molar-refractivity contribution in [2.24, 2.45) is 11.8 Å². The number of rotatable bonds is 5. The van der Waals surface area contributed by atoms with Crippen LogP contribution in [0.3, 0.4) is 0 Å². The number of nitrogens with zero attached hydrogens (tertiary/aromatic N) is 2. The summed E-state index contributed by atoms with van der Waals surface area (Å²) in [6.45, 7) is 5.23. The molecule has 0 radical (unpaired) electrons. The van der Waals surface area contributed by atoms with E-state index in [1.807, 2.05) is 4.90 Å². The van der Waals surface area contributed by atoms with Crippen LogP contribution in [0.4, 0.5) is 5.82 Å². The number of carbonyl (C=O) groups excluding carboxylic acids is 2. The molecule has 25 heavy (non-hydrogen) atoms. The number of likely N-dealkylation sites (tertiary alicyclic amines) is 1. The lowest BCUT2D eigenvalue weighted by atomic mass is 9.95. The van der Waals surface area contributed by atoms with E-state index in [0.29, 0.717) is 49.8 Å². The lowest BCUT2D eigenvalue weighted by Crippen LogP contribution is -2.41. The maximum absolute atomic E-state index is 12.3. The summed E-state index contributed by atoms with van der Waals surface area (Å²) in [5.41, 5.74) is 0. The molecule has 7 nitrogen and oxygen atoms in total. The van der Waals surface area contributed by atoms with Crippen LogP contribution in [0.5, 0.6) is 0 Å². The highest BCUT2D eigenvalue weighted by molar-refractivity contribution is 5.91. The van der Waals surface area contributed by atoms with Crippen LogP contribution in [0.2, 0.25) is 0 Å². The Bertz CT molecular complexity index is 578. The van der Waals surface area contributed by atoms with E-state index in [0.717, 1.165) is 19.5 Å². The molecule has 3 rings (SSSR count). The van der Waals surface area contributed by atoms with Gasteiger partial charge in [-0.25, -0.2) is 0 Å². The Morgan fingerprint density at radius 2 is 2.12 bits per heavy atom. The third-order valence-electron chi connectivity index (χ3n) is 5.03. The number of halogens is 1. The summed E-state index contributed by atoms with van der Waals surface area (Å²) in [5.74, 6) is 1.90. The van der Waals surface area contributed by atoms with Crippen LogP contribution in [0, 0.1) is 18.8 Å². The number of hydrogen-bond donors (Lipinski definition) is 2. The summed E-state index contributed by atoms with van der Waals surface area (Å²) < 4.78 is 4.95. The summed E-state index contributed by atoms with van der Waals surface area (Å²) >= 11 is 0. The molecule has 2 fully saturated rings. The number of nitrogens with one attached hydrogen (secondary N) is 2. The largest absolute Gasteiger partial charge is 0.360 e. The smallest absolute Gasteiger partial charge is 0.228 e. The zero-order valence-electron chi connectivity index (χ0n) is 14.6. The van der Waals surface area contributed by atoms with Gasteiger partial charge in [0.15, 0.2) is 5.82 Å². The average Bonchev–Trinajstić information content (AvgIpc) is 3.24. The van der Waals surface area contributed by atoms with E-state index >= 15 is 0 Å². The van der Waals surface area contributed by atoms with E-state index in [1.54, 1.807) is 13.0 Å². The zero-order valence-corrected chi connectivity index (χ0v) is 15.4. The molecule has 0 aliphatic carbocycles. The minimum absolute atomic E-state index is 0. The van der Waals surface area contributed by atoms with Crippen molar-refractivity contribution in [2.75, 3.05) is 31.5 Å². The number of piperidine rings is 1. The number of anilines is 1. The standard InChI is InChI=1S/C17H26N4O3.ClH/c1-12-10-15(20-24-12)19-17(23)14-5-8-21(9-6-14)16(22)3-2-13-4-7-18-11-13;/h10,13-14,18H,2-9,11H2,1H3,(H,19,20,23);1H. The Labute approximate surface area is 154 Å². The van der Waals surface area contributed by atoms with E-state index in [1.165, 1.54) is 6.42 Å². The van der Waals surface area contributed by atoms with Gasteiger partial charge in [-0.05, 0) is 51.6 Å². The highest BCUT2D eigenvalue weighted by Gasteiger charge is 2.28. The first kappa shape index (κ1) is 19.7. The number of amides is 2. The van der Waals surface area contributed by atoms with Gasteiger partial charge in [0.1, 0.15) is 5.76 Å². The summed E-state index contributed by atoms with van der Waals surface area (Å²) in [5, 5.41) is 9.90. The summed E-state index contributed by atoms with van der Waals surface area (Å²) in [6, 6.07) is 1.70. The molecular weight excluding hydrogens is 344 g/mol. The van der Waals surface area contributed by atoms with Crippen LogP contribution in [0.1, 0.15) is 37.9 Å². The molecule has 0 saturated carbocycles. The van der Waals surface area contributed by atoms with Gasteiger partial charge < -0.3 is 20.1 Å². The molecule has 0 aromatic carbocycles. The van der Waals surface area contributed by atoms with Crippen LogP contribution >= 0.6 is 12.4 Å². The predicted molar refractivity (Wildman–Crippen MR) is 96.6 cm³/mol. The van der Waals surface area contributed by atoms with Gasteiger partial charge in [-0.2, -0.15) is 0 Å². The van der Waals surface area contributed by atoms with Crippen molar-refractivity contribution in [1.29, 1.82) is 0 Å². The van der Waals surface area contributed by atoms with Gasteiger partial charge in [0.05, 0.1) is 0 Å². The molecule has 8 heteroatoms. The van der Waals surface area contributed by atoms with E-state index in [2.05, 4.69) is 15.8 Å². The van der Waals surface area contributed by atoms with Crippen LogP contribution in [0.15, 0.2) is 10.6 Å². The van der Waals surface area contributed by atoms with Crippen molar-refractivity contribution in [3.05, 3.63) is 11.8 Å². The molecule has 2 aliphatic heterocycles. The highest BCUT2D eigenvalue weighted by atomic mass is 35.5. The fraction of sp³-hybridized carbons (Fsp3) is 0.706. The Morgan fingerprint density at radius 1 is 1.36 bits per heavy atom. The number of aromatic nitrogens is 1. The third kappa shape index (κ3) is 5.44. The lowest BCUT2D eigenvalue weighted by molar-refractivity contribution is -0.134. The van der Waals surface area contributed by atoms with Crippen LogP contribution < -0.4 is 10.6 Å². The zero-order chi connectivity index (χ0) is 16.9. The summed E-state index contributed by atoms with van der Waals surface area (Å²) in [4.78, 5) is 26.5. The van der Waals surface area contributed by atoms with Crippen LogP contribution in [0.25, 0.3) is 0 Å². The Kier molecular flexibility index (Phi) is 7.25. The molecule has 3 heterocycles. The fourth-order valence-electron chi connectivity index (χ4n) is 3.49. The normalized spacial score (nSPS) is 21.0. The minimum Gasteiger partial charge on any atom is -0.360 e. The van der Waals surface area contributed by atoms with Crippen molar-refractivity contribution in [3.8, 4) is 0 Å². The molecule has 1 atom stereocenters. The minimum atomic E-state index is -0.0647. The van der Waals surface area contributed by atoms with Crippen LogP contribution in [-0.2, 0) is 9.59 Å². The quantitative estimate of drug-likeness (QED) is 0.827. The number of aryl methyl sites for hydroxylation is 1. The van der Waals surface area contributed by atoms with Crippen molar-refractivity contribution in [2.45, 2.75) is 39.0 Å².